The monoisotopic (exact) mass is 364 g/mol. The van der Waals surface area contributed by atoms with Gasteiger partial charge in [0.15, 0.2) is 5.96 Å². The normalized spacial score (nSPS) is 20.5. The van der Waals surface area contributed by atoms with Gasteiger partial charge in [-0.05, 0) is 12.8 Å². The molecular formula is C13H22F6N4O. The van der Waals surface area contributed by atoms with Crippen molar-refractivity contribution in [3.8, 4) is 0 Å². The van der Waals surface area contributed by atoms with Gasteiger partial charge in [-0.1, -0.05) is 0 Å². The molecule has 1 rings (SSSR count). The molecule has 0 aromatic rings. The zero-order valence-corrected chi connectivity index (χ0v) is 13.3. The molecule has 0 amide bonds. The summed E-state index contributed by atoms with van der Waals surface area (Å²) in [7, 11) is 1.51. The number of alkyl halides is 6. The SMILES string of the molecule is CN=C(NCCCOCC(F)(F)F)NC1CCN(CC(F)(F)F)C1. The van der Waals surface area contributed by atoms with Crippen LogP contribution in [0, 0.1) is 0 Å². The van der Waals surface area contributed by atoms with Crippen molar-refractivity contribution in [1.82, 2.24) is 15.5 Å². The second kappa shape index (κ2) is 9.30. The number of likely N-dealkylation sites (tertiary alicyclic amines) is 1. The molecule has 0 aromatic heterocycles. The molecule has 1 unspecified atom stereocenters. The first kappa shape index (κ1) is 20.8. The summed E-state index contributed by atoms with van der Waals surface area (Å²) >= 11 is 0. The largest absolute Gasteiger partial charge is 0.411 e. The summed E-state index contributed by atoms with van der Waals surface area (Å²) < 4.78 is 77.0. The lowest BCUT2D eigenvalue weighted by Crippen LogP contribution is -2.45. The van der Waals surface area contributed by atoms with Crippen LogP contribution >= 0.6 is 0 Å². The van der Waals surface area contributed by atoms with E-state index in [1.807, 2.05) is 0 Å². The molecule has 1 saturated heterocycles. The van der Waals surface area contributed by atoms with Crippen molar-refractivity contribution < 1.29 is 31.1 Å². The Balaban J connectivity index is 2.17. The van der Waals surface area contributed by atoms with E-state index in [0.29, 0.717) is 31.9 Å². The summed E-state index contributed by atoms with van der Waals surface area (Å²) in [4.78, 5) is 5.26. The van der Waals surface area contributed by atoms with Crippen molar-refractivity contribution in [3.05, 3.63) is 0 Å². The third kappa shape index (κ3) is 9.81. The van der Waals surface area contributed by atoms with Crippen molar-refractivity contribution >= 4 is 5.96 Å². The van der Waals surface area contributed by atoms with Crippen LogP contribution < -0.4 is 10.6 Å². The van der Waals surface area contributed by atoms with E-state index in [4.69, 9.17) is 0 Å². The Bertz CT molecular complexity index is 399. The highest BCUT2D eigenvalue weighted by Gasteiger charge is 2.34. The first-order chi connectivity index (χ1) is 11.1. The quantitative estimate of drug-likeness (QED) is 0.313. The fourth-order valence-corrected chi connectivity index (χ4v) is 2.30. The maximum Gasteiger partial charge on any atom is 0.411 e. The molecule has 1 fully saturated rings. The summed E-state index contributed by atoms with van der Waals surface area (Å²) in [5, 5.41) is 5.90. The van der Waals surface area contributed by atoms with Gasteiger partial charge in [0.05, 0.1) is 6.54 Å². The molecule has 24 heavy (non-hydrogen) atoms. The standard InChI is InChI=1S/C13H22F6N4O/c1-20-11(21-4-2-6-24-9-13(17,18)19)22-10-3-5-23(7-10)8-12(14,15)16/h10H,2-9H2,1H3,(H2,20,21,22). The third-order valence-corrected chi connectivity index (χ3v) is 3.26. The summed E-state index contributed by atoms with van der Waals surface area (Å²) in [6.45, 7) is -1.32. The molecule has 1 aliphatic heterocycles. The van der Waals surface area contributed by atoms with Crippen LogP contribution in [0.2, 0.25) is 0 Å². The predicted molar refractivity (Wildman–Crippen MR) is 76.9 cm³/mol. The molecule has 1 heterocycles. The third-order valence-electron chi connectivity index (χ3n) is 3.26. The van der Waals surface area contributed by atoms with Crippen LogP contribution in [0.25, 0.3) is 0 Å². The van der Waals surface area contributed by atoms with Crippen molar-refractivity contribution in [3.63, 3.8) is 0 Å². The Labute approximate surface area is 136 Å². The van der Waals surface area contributed by atoms with Crippen molar-refractivity contribution in [2.24, 2.45) is 4.99 Å². The molecule has 11 heteroatoms. The van der Waals surface area contributed by atoms with E-state index in [1.54, 1.807) is 0 Å². The molecule has 0 spiro atoms. The van der Waals surface area contributed by atoms with Crippen molar-refractivity contribution in [2.75, 3.05) is 46.4 Å². The fraction of sp³-hybridized carbons (Fsp3) is 0.923. The molecule has 0 aliphatic carbocycles. The maximum atomic E-state index is 12.3. The smallest absolute Gasteiger partial charge is 0.372 e. The highest BCUT2D eigenvalue weighted by atomic mass is 19.4. The van der Waals surface area contributed by atoms with E-state index >= 15 is 0 Å². The molecule has 0 radical (unpaired) electrons. The maximum absolute atomic E-state index is 12.3. The van der Waals surface area contributed by atoms with Gasteiger partial charge in [-0.25, -0.2) is 0 Å². The van der Waals surface area contributed by atoms with Gasteiger partial charge in [0, 0.05) is 39.3 Å². The summed E-state index contributed by atoms with van der Waals surface area (Å²) in [6.07, 6.45) is -7.64. The average Bonchev–Trinajstić information content (AvgIpc) is 2.85. The van der Waals surface area contributed by atoms with Crippen LogP contribution in [0.15, 0.2) is 4.99 Å². The minimum atomic E-state index is -4.34. The van der Waals surface area contributed by atoms with E-state index in [-0.39, 0.29) is 19.2 Å². The Hall–Kier alpha value is -1.23. The first-order valence-electron chi connectivity index (χ1n) is 7.50. The van der Waals surface area contributed by atoms with Gasteiger partial charge < -0.3 is 15.4 Å². The lowest BCUT2D eigenvalue weighted by molar-refractivity contribution is -0.173. The van der Waals surface area contributed by atoms with E-state index < -0.39 is 25.5 Å². The topological polar surface area (TPSA) is 48.9 Å². The zero-order valence-electron chi connectivity index (χ0n) is 13.3. The van der Waals surface area contributed by atoms with Gasteiger partial charge in [-0.15, -0.1) is 0 Å². The van der Waals surface area contributed by atoms with Gasteiger partial charge in [0.1, 0.15) is 6.61 Å². The van der Waals surface area contributed by atoms with Crippen LogP contribution in [-0.4, -0.2) is 75.7 Å². The second-order valence-corrected chi connectivity index (χ2v) is 5.50. The van der Waals surface area contributed by atoms with E-state index in [2.05, 4.69) is 20.4 Å². The number of aliphatic imine (C=N–C) groups is 1. The van der Waals surface area contributed by atoms with Crippen LogP contribution in [-0.2, 0) is 4.74 Å². The minimum absolute atomic E-state index is 0.0493. The van der Waals surface area contributed by atoms with Crippen LogP contribution in [0.3, 0.4) is 0 Å². The molecule has 5 nitrogen and oxygen atoms in total. The number of halogens is 6. The average molecular weight is 364 g/mol. The highest BCUT2D eigenvalue weighted by molar-refractivity contribution is 5.79. The highest BCUT2D eigenvalue weighted by Crippen LogP contribution is 2.19. The van der Waals surface area contributed by atoms with Crippen LogP contribution in [0.1, 0.15) is 12.8 Å². The lowest BCUT2D eigenvalue weighted by atomic mass is 10.3. The molecule has 0 aromatic carbocycles. The Morgan fingerprint density at radius 3 is 2.50 bits per heavy atom. The van der Waals surface area contributed by atoms with Gasteiger partial charge in [0.2, 0.25) is 0 Å². The number of ether oxygens (including phenoxy) is 1. The molecule has 0 bridgehead atoms. The van der Waals surface area contributed by atoms with Gasteiger partial charge in [0.25, 0.3) is 0 Å². The number of nitrogens with zero attached hydrogens (tertiary/aromatic N) is 2. The fourth-order valence-electron chi connectivity index (χ4n) is 2.30. The Kier molecular flexibility index (Phi) is 8.07. The molecule has 1 aliphatic rings. The molecule has 142 valence electrons. The number of guanidine groups is 1. The number of rotatable bonds is 7. The summed E-state index contributed by atoms with van der Waals surface area (Å²) in [6, 6.07) is -0.153. The molecular weight excluding hydrogens is 342 g/mol. The molecule has 2 N–H and O–H groups in total. The first-order valence-corrected chi connectivity index (χ1v) is 7.50. The van der Waals surface area contributed by atoms with Gasteiger partial charge in [-0.3, -0.25) is 9.89 Å². The lowest BCUT2D eigenvalue weighted by Gasteiger charge is -2.19. The second-order valence-electron chi connectivity index (χ2n) is 5.50. The van der Waals surface area contributed by atoms with E-state index in [1.165, 1.54) is 11.9 Å². The van der Waals surface area contributed by atoms with Crippen LogP contribution in [0.4, 0.5) is 26.3 Å². The van der Waals surface area contributed by atoms with Crippen LogP contribution in [0.5, 0.6) is 0 Å². The van der Waals surface area contributed by atoms with Crippen molar-refractivity contribution in [1.29, 1.82) is 0 Å². The van der Waals surface area contributed by atoms with E-state index in [0.717, 1.165) is 0 Å². The summed E-state index contributed by atoms with van der Waals surface area (Å²) in [5.41, 5.74) is 0. The Morgan fingerprint density at radius 2 is 1.92 bits per heavy atom. The van der Waals surface area contributed by atoms with Gasteiger partial charge >= 0.3 is 12.4 Å². The van der Waals surface area contributed by atoms with Crippen molar-refractivity contribution in [2.45, 2.75) is 31.2 Å². The number of hydrogen-bond acceptors (Lipinski definition) is 3. The predicted octanol–water partition coefficient (Wildman–Crippen LogP) is 1.76. The Morgan fingerprint density at radius 1 is 1.21 bits per heavy atom. The zero-order chi connectivity index (χ0) is 18.2. The molecule has 0 saturated carbocycles. The van der Waals surface area contributed by atoms with Gasteiger partial charge in [-0.2, -0.15) is 26.3 Å². The minimum Gasteiger partial charge on any atom is -0.372 e. The summed E-state index contributed by atoms with van der Waals surface area (Å²) in [5.74, 6) is 0.407. The van der Waals surface area contributed by atoms with E-state index in [9.17, 15) is 26.3 Å². The molecule has 1 atom stereocenters. The number of nitrogens with one attached hydrogen (secondary N) is 2. The number of hydrogen-bond donors (Lipinski definition) is 2.